The third kappa shape index (κ3) is 8.35. The number of hydrogen-bond donors (Lipinski definition) is 3. The molecule has 10 nitrogen and oxygen atoms in total. The van der Waals surface area contributed by atoms with Gasteiger partial charge in [-0.3, -0.25) is 23.3 Å². The molecule has 202 valence electrons. The minimum absolute atomic E-state index is 0.303. The van der Waals surface area contributed by atoms with Crippen LogP contribution in [-0.4, -0.2) is 45.2 Å². The van der Waals surface area contributed by atoms with Crippen molar-refractivity contribution in [3.05, 3.63) is 75.2 Å². The normalized spacial score (nSPS) is 12.6. The summed E-state index contributed by atoms with van der Waals surface area (Å²) in [6.45, 7) is 1.96. The summed E-state index contributed by atoms with van der Waals surface area (Å²) in [6.07, 6.45) is 1.07. The quantitative estimate of drug-likeness (QED) is 0.118. The predicted octanol–water partition coefficient (Wildman–Crippen LogP) is 3.24. The zero-order chi connectivity index (χ0) is 27.8. The molecule has 2 amide bonds. The largest absolute Gasteiger partial charge is 0.378 e. The summed E-state index contributed by atoms with van der Waals surface area (Å²) >= 11 is 4.36. The van der Waals surface area contributed by atoms with Crippen molar-refractivity contribution in [3.8, 4) is 0 Å². The van der Waals surface area contributed by atoms with E-state index in [9.17, 15) is 14.7 Å². The number of carbonyl (C=O) groups is 2. The molecule has 2 unspecified atom stereocenters. The van der Waals surface area contributed by atoms with Crippen molar-refractivity contribution in [1.82, 2.24) is 20.4 Å². The first-order chi connectivity index (χ1) is 18.8. The second kappa shape index (κ2) is 14.0. The topological polar surface area (TPSA) is 139 Å². The molecule has 0 aliphatic rings. The number of aliphatic hydroxyl groups excluding tert-OH is 1. The Bertz CT molecular complexity index is 1430. The molecule has 2 atom stereocenters. The second-order valence-electron chi connectivity index (χ2n) is 8.89. The number of aryl methyl sites for hydroxylation is 3. The first-order valence-electron chi connectivity index (χ1n) is 12.2. The third-order valence-electron chi connectivity index (χ3n) is 5.70. The van der Waals surface area contributed by atoms with Crippen LogP contribution in [0.25, 0.3) is 0 Å². The summed E-state index contributed by atoms with van der Waals surface area (Å²) < 4.78 is 5.38. The third-order valence-corrected chi connectivity index (χ3v) is 8.01. The SMILES string of the molecule is Bc1cccc(C(O)C(=O)Nc2nnc(CCCCc3nnc(NC(=O)C(OI)c4cccc(C)c4)s3)s2)c1. The fourth-order valence-corrected chi connectivity index (χ4v) is 5.87. The number of nitrogens with zero attached hydrogens (tertiary/aromatic N) is 4. The molecule has 0 fully saturated rings. The Morgan fingerprint density at radius 3 is 2.10 bits per heavy atom. The van der Waals surface area contributed by atoms with E-state index >= 15 is 0 Å². The van der Waals surface area contributed by atoms with Gasteiger partial charge in [0.1, 0.15) is 40.9 Å². The van der Waals surface area contributed by atoms with Crippen molar-refractivity contribution in [2.24, 2.45) is 0 Å². The Kier molecular flexibility index (Phi) is 10.5. The molecule has 3 N–H and O–H groups in total. The molecule has 4 aromatic rings. The number of unbranched alkanes of at least 4 members (excludes halogenated alkanes) is 1. The Hall–Kier alpha value is -2.79. The average molecular weight is 676 g/mol. The van der Waals surface area contributed by atoms with E-state index in [1.54, 1.807) is 41.2 Å². The summed E-state index contributed by atoms with van der Waals surface area (Å²) in [4.78, 5) is 25.1. The average Bonchev–Trinajstić information content (AvgIpc) is 3.55. The number of benzene rings is 2. The second-order valence-corrected chi connectivity index (χ2v) is 11.5. The van der Waals surface area contributed by atoms with Crippen LogP contribution in [0.3, 0.4) is 0 Å². The van der Waals surface area contributed by atoms with Crippen LogP contribution in [0, 0.1) is 6.92 Å². The number of anilines is 2. The lowest BCUT2D eigenvalue weighted by Crippen LogP contribution is -2.21. The van der Waals surface area contributed by atoms with E-state index in [4.69, 9.17) is 3.07 Å². The Morgan fingerprint density at radius 2 is 1.51 bits per heavy atom. The molecule has 0 spiro atoms. The molecule has 0 saturated heterocycles. The molecule has 2 aromatic carbocycles. The van der Waals surface area contributed by atoms with Crippen LogP contribution in [0.15, 0.2) is 48.5 Å². The highest BCUT2D eigenvalue weighted by Crippen LogP contribution is 2.25. The Morgan fingerprint density at radius 1 is 0.923 bits per heavy atom. The van der Waals surface area contributed by atoms with Crippen molar-refractivity contribution in [3.63, 3.8) is 0 Å². The minimum atomic E-state index is -1.28. The van der Waals surface area contributed by atoms with Gasteiger partial charge in [-0.05, 0) is 30.9 Å². The first kappa shape index (κ1) is 29.2. The van der Waals surface area contributed by atoms with Crippen LogP contribution in [0.5, 0.6) is 0 Å². The molecule has 2 aromatic heterocycles. The Labute approximate surface area is 248 Å². The van der Waals surface area contributed by atoms with Gasteiger partial charge < -0.3 is 5.11 Å². The minimum Gasteiger partial charge on any atom is -0.378 e. The first-order valence-corrected chi connectivity index (χ1v) is 14.7. The van der Waals surface area contributed by atoms with E-state index in [-0.39, 0.29) is 5.91 Å². The molecule has 0 aliphatic carbocycles. The molecular weight excluding hydrogens is 650 g/mol. The lowest BCUT2D eigenvalue weighted by atomic mass is 9.93. The van der Waals surface area contributed by atoms with Crippen molar-refractivity contribution in [1.29, 1.82) is 0 Å². The summed E-state index contributed by atoms with van der Waals surface area (Å²) in [5.74, 6) is -0.846. The van der Waals surface area contributed by atoms with Gasteiger partial charge in [-0.15, -0.1) is 20.4 Å². The van der Waals surface area contributed by atoms with Gasteiger partial charge in [0.05, 0.1) is 0 Å². The maximum absolute atomic E-state index is 12.7. The van der Waals surface area contributed by atoms with Crippen LogP contribution in [-0.2, 0) is 25.5 Å². The fraction of sp³-hybridized carbons (Fsp3) is 0.280. The number of aliphatic hydroxyl groups is 1. The standard InChI is InChI=1S/C25H26BIN6O4S2/c1-14-6-4-8-16(12-14)21(37-27)23(36)29-25-33-31-19(39-25)11-3-2-10-18-30-32-24(38-18)28-22(35)20(34)15-7-5-9-17(26)13-15/h4-9,12-13,20-21,34H,2-3,10-11,26H2,1H3,(H,28,32,35)(H,29,33,36). The molecule has 14 heteroatoms. The van der Waals surface area contributed by atoms with Crippen molar-refractivity contribution >= 4 is 81.1 Å². The maximum atomic E-state index is 12.7. The van der Waals surface area contributed by atoms with Crippen LogP contribution in [0.4, 0.5) is 10.3 Å². The number of halogens is 1. The van der Waals surface area contributed by atoms with E-state index in [1.165, 1.54) is 22.7 Å². The van der Waals surface area contributed by atoms with Crippen LogP contribution in [0.2, 0.25) is 0 Å². The molecule has 0 aliphatic heterocycles. The molecule has 0 saturated carbocycles. The Balaban J connectivity index is 1.20. The highest BCUT2D eigenvalue weighted by molar-refractivity contribution is 14.1. The molecule has 0 radical (unpaired) electrons. The van der Waals surface area contributed by atoms with Gasteiger partial charge >= 0.3 is 0 Å². The van der Waals surface area contributed by atoms with Gasteiger partial charge in [0.25, 0.3) is 11.8 Å². The van der Waals surface area contributed by atoms with Gasteiger partial charge in [0.2, 0.25) is 10.3 Å². The number of aromatic nitrogens is 4. The summed E-state index contributed by atoms with van der Waals surface area (Å²) in [6, 6.07) is 14.8. The molecule has 2 heterocycles. The summed E-state index contributed by atoms with van der Waals surface area (Å²) in [7, 11) is 1.90. The maximum Gasteiger partial charge on any atom is 0.261 e. The van der Waals surface area contributed by atoms with Crippen LogP contribution < -0.4 is 16.1 Å². The van der Waals surface area contributed by atoms with Crippen molar-refractivity contribution < 1.29 is 17.8 Å². The van der Waals surface area contributed by atoms with E-state index in [0.29, 0.717) is 28.7 Å². The van der Waals surface area contributed by atoms with Gasteiger partial charge in [-0.25, -0.2) is 0 Å². The lowest BCUT2D eigenvalue weighted by molar-refractivity contribution is -0.124. The highest BCUT2D eigenvalue weighted by Gasteiger charge is 2.23. The monoisotopic (exact) mass is 676 g/mol. The number of rotatable bonds is 12. The molecule has 0 bridgehead atoms. The highest BCUT2D eigenvalue weighted by atomic mass is 127. The van der Waals surface area contributed by atoms with Gasteiger partial charge in [-0.1, -0.05) is 82.2 Å². The van der Waals surface area contributed by atoms with Gasteiger partial charge in [-0.2, -0.15) is 0 Å². The number of nitrogens with one attached hydrogen (secondary N) is 2. The zero-order valence-corrected chi connectivity index (χ0v) is 25.0. The van der Waals surface area contributed by atoms with E-state index in [0.717, 1.165) is 39.4 Å². The molecule has 39 heavy (non-hydrogen) atoms. The number of carbonyl (C=O) groups excluding carboxylic acids is 2. The van der Waals surface area contributed by atoms with E-state index in [2.05, 4.69) is 31.0 Å². The van der Waals surface area contributed by atoms with Crippen molar-refractivity contribution in [2.45, 2.75) is 44.8 Å². The smallest absolute Gasteiger partial charge is 0.261 e. The number of amides is 2. The predicted molar refractivity (Wildman–Crippen MR) is 162 cm³/mol. The molecule has 4 rings (SSSR count). The van der Waals surface area contributed by atoms with Crippen LogP contribution >= 0.6 is 45.7 Å². The molecular formula is C25H26BIN6O4S2. The van der Waals surface area contributed by atoms with Gasteiger partial charge in [0.15, 0.2) is 12.2 Å². The van der Waals surface area contributed by atoms with E-state index in [1.807, 2.05) is 45.1 Å². The summed E-state index contributed by atoms with van der Waals surface area (Å²) in [5.41, 5.74) is 3.31. The lowest BCUT2D eigenvalue weighted by Gasteiger charge is -2.13. The fourth-order valence-electron chi connectivity index (χ4n) is 3.78. The van der Waals surface area contributed by atoms with Crippen molar-refractivity contribution in [2.75, 3.05) is 10.6 Å². The summed E-state index contributed by atoms with van der Waals surface area (Å²) in [5, 5.41) is 34.6. The van der Waals surface area contributed by atoms with Gasteiger partial charge in [0, 0.05) is 12.8 Å². The van der Waals surface area contributed by atoms with Crippen LogP contribution in [0.1, 0.15) is 51.8 Å². The number of hydrogen-bond acceptors (Lipinski definition) is 10. The van der Waals surface area contributed by atoms with E-state index < -0.39 is 18.1 Å². The zero-order valence-electron chi connectivity index (χ0n) is 21.3.